The SMILES string of the molecule is C=CC(=O)N1CCCC1COC.NC(=O)/C(C(N)=NCCO)=C(/N)C#Cc1cc2ncn(C3CC3)c2cc1F. The first-order chi connectivity index (χ1) is 18.7. The number of halogens is 1. The Morgan fingerprint density at radius 2 is 2.05 bits per heavy atom. The monoisotopic (exact) mass is 539 g/mol. The number of benzene rings is 1. The second-order valence-corrected chi connectivity index (χ2v) is 9.08. The molecule has 7 N–H and O–H groups in total. The van der Waals surface area contributed by atoms with Crippen molar-refractivity contribution in [2.75, 3.05) is 33.4 Å². The lowest BCUT2D eigenvalue weighted by Gasteiger charge is -2.22. The first kappa shape index (κ1) is 29.3. The smallest absolute Gasteiger partial charge is 0.255 e. The molecule has 2 amide bonds. The first-order valence-electron chi connectivity index (χ1n) is 12.5. The zero-order valence-corrected chi connectivity index (χ0v) is 21.9. The van der Waals surface area contributed by atoms with Gasteiger partial charge < -0.3 is 36.5 Å². The number of carbonyl (C=O) groups is 2. The summed E-state index contributed by atoms with van der Waals surface area (Å²) < 4.78 is 21.4. The summed E-state index contributed by atoms with van der Waals surface area (Å²) in [5, 5.41) is 8.78. The van der Waals surface area contributed by atoms with Crippen LogP contribution in [0, 0.1) is 17.7 Å². The van der Waals surface area contributed by atoms with Crippen molar-refractivity contribution in [2.24, 2.45) is 22.2 Å². The molecule has 4 rings (SSSR count). The van der Waals surface area contributed by atoms with Gasteiger partial charge in [-0.2, -0.15) is 0 Å². The van der Waals surface area contributed by atoms with E-state index in [9.17, 15) is 14.0 Å². The van der Waals surface area contributed by atoms with Gasteiger partial charge in [0.05, 0.1) is 54.4 Å². The number of hydrogen-bond acceptors (Lipinski definition) is 7. The number of nitrogens with zero attached hydrogens (tertiary/aromatic N) is 4. The quantitative estimate of drug-likeness (QED) is 0.165. The predicted molar refractivity (Wildman–Crippen MR) is 146 cm³/mol. The molecule has 0 bridgehead atoms. The third-order valence-electron chi connectivity index (χ3n) is 6.28. The van der Waals surface area contributed by atoms with Crippen molar-refractivity contribution in [3.05, 3.63) is 53.8 Å². The molecule has 0 radical (unpaired) electrons. The summed E-state index contributed by atoms with van der Waals surface area (Å²) in [4.78, 5) is 32.7. The Morgan fingerprint density at radius 3 is 2.67 bits per heavy atom. The number of carbonyl (C=O) groups excluding carboxylic acids is 2. The van der Waals surface area contributed by atoms with Crippen LogP contribution in [-0.4, -0.2) is 76.7 Å². The Kier molecular flexibility index (Phi) is 10.2. The number of allylic oxidation sites excluding steroid dienone is 1. The van der Waals surface area contributed by atoms with Crippen LogP contribution in [0.15, 0.2) is 47.4 Å². The molecule has 2 fully saturated rings. The molecule has 208 valence electrons. The van der Waals surface area contributed by atoms with Crippen LogP contribution in [-0.2, 0) is 14.3 Å². The second kappa shape index (κ2) is 13.5. The van der Waals surface area contributed by atoms with E-state index in [4.69, 9.17) is 27.0 Å². The lowest BCUT2D eigenvalue weighted by Crippen LogP contribution is -2.36. The van der Waals surface area contributed by atoms with Crippen LogP contribution < -0.4 is 17.2 Å². The topological polar surface area (TPSA) is 175 Å². The molecule has 0 spiro atoms. The summed E-state index contributed by atoms with van der Waals surface area (Å²) in [6, 6.07) is 3.55. The van der Waals surface area contributed by atoms with Gasteiger partial charge >= 0.3 is 0 Å². The van der Waals surface area contributed by atoms with Crippen LogP contribution >= 0.6 is 0 Å². The van der Waals surface area contributed by atoms with Crippen molar-refractivity contribution in [1.82, 2.24) is 14.5 Å². The maximum atomic E-state index is 14.4. The van der Waals surface area contributed by atoms with Crippen molar-refractivity contribution in [3.63, 3.8) is 0 Å². The Balaban J connectivity index is 0.000000293. The Hall–Kier alpha value is -4.21. The Bertz CT molecular complexity index is 1350. The average Bonchev–Trinajstić information content (AvgIpc) is 3.51. The number of aliphatic hydroxyl groups excluding tert-OH is 1. The van der Waals surface area contributed by atoms with E-state index in [0.29, 0.717) is 23.7 Å². The normalized spacial score (nSPS) is 17.6. The number of rotatable bonds is 8. The third kappa shape index (κ3) is 7.43. The van der Waals surface area contributed by atoms with Crippen molar-refractivity contribution in [3.8, 4) is 11.8 Å². The van der Waals surface area contributed by atoms with Crippen molar-refractivity contribution >= 4 is 28.7 Å². The molecule has 1 saturated carbocycles. The van der Waals surface area contributed by atoms with E-state index in [1.165, 1.54) is 18.2 Å². The number of aliphatic hydroxyl groups is 1. The molecular formula is C27H34FN7O4. The van der Waals surface area contributed by atoms with E-state index < -0.39 is 11.7 Å². The average molecular weight is 540 g/mol. The molecule has 2 aromatic rings. The zero-order chi connectivity index (χ0) is 28.5. The number of amides is 2. The van der Waals surface area contributed by atoms with Gasteiger partial charge in [0.15, 0.2) is 0 Å². The number of aliphatic imine (C=N–C) groups is 1. The molecule has 1 aliphatic carbocycles. The number of fused-ring (bicyclic) bond motifs is 1. The number of amidine groups is 1. The van der Waals surface area contributed by atoms with Gasteiger partial charge in [0.25, 0.3) is 5.91 Å². The maximum Gasteiger partial charge on any atom is 0.255 e. The van der Waals surface area contributed by atoms with Crippen LogP contribution in [0.4, 0.5) is 4.39 Å². The fraction of sp³-hybridized carbons (Fsp3) is 0.407. The van der Waals surface area contributed by atoms with E-state index in [2.05, 4.69) is 28.4 Å². The van der Waals surface area contributed by atoms with Gasteiger partial charge in [-0.25, -0.2) is 9.37 Å². The lowest BCUT2D eigenvalue weighted by molar-refractivity contribution is -0.127. The number of ether oxygens (including phenoxy) is 1. The molecule has 1 atom stereocenters. The molecule has 1 aromatic carbocycles. The van der Waals surface area contributed by atoms with Crippen molar-refractivity contribution in [2.45, 2.75) is 37.8 Å². The van der Waals surface area contributed by atoms with Crippen LogP contribution in [0.2, 0.25) is 0 Å². The minimum absolute atomic E-state index is 0.0156. The molecule has 39 heavy (non-hydrogen) atoms. The largest absolute Gasteiger partial charge is 0.394 e. The number of aromatic nitrogens is 2. The fourth-order valence-electron chi connectivity index (χ4n) is 4.24. The van der Waals surface area contributed by atoms with Gasteiger partial charge in [-0.15, -0.1) is 0 Å². The van der Waals surface area contributed by atoms with E-state index >= 15 is 0 Å². The molecule has 1 aromatic heterocycles. The highest BCUT2D eigenvalue weighted by Gasteiger charge is 2.27. The molecule has 1 aliphatic heterocycles. The molecule has 1 unspecified atom stereocenters. The minimum Gasteiger partial charge on any atom is -0.394 e. The molecule has 2 heterocycles. The van der Waals surface area contributed by atoms with Crippen molar-refractivity contribution < 1.29 is 23.8 Å². The van der Waals surface area contributed by atoms with E-state index in [0.717, 1.165) is 32.2 Å². The highest BCUT2D eigenvalue weighted by atomic mass is 19.1. The lowest BCUT2D eigenvalue weighted by atomic mass is 10.1. The molecular weight excluding hydrogens is 505 g/mol. The molecule has 2 aliphatic rings. The second-order valence-electron chi connectivity index (χ2n) is 9.08. The number of methoxy groups -OCH3 is 1. The van der Waals surface area contributed by atoms with Crippen molar-refractivity contribution in [1.29, 1.82) is 0 Å². The minimum atomic E-state index is -0.917. The first-order valence-corrected chi connectivity index (χ1v) is 12.5. The van der Waals surface area contributed by atoms with Crippen LogP contribution in [0.25, 0.3) is 11.0 Å². The van der Waals surface area contributed by atoms with Crippen LogP contribution in [0.5, 0.6) is 0 Å². The number of imidazole rings is 1. The number of primary amides is 1. The van der Waals surface area contributed by atoms with Crippen LogP contribution in [0.1, 0.15) is 37.3 Å². The predicted octanol–water partition coefficient (Wildman–Crippen LogP) is 0.719. The summed E-state index contributed by atoms with van der Waals surface area (Å²) >= 11 is 0. The summed E-state index contributed by atoms with van der Waals surface area (Å²) in [5.41, 5.74) is 17.6. The van der Waals surface area contributed by atoms with Crippen LogP contribution in [0.3, 0.4) is 0 Å². The Morgan fingerprint density at radius 1 is 1.31 bits per heavy atom. The number of likely N-dealkylation sites (tertiary alicyclic amines) is 1. The Labute approximate surface area is 226 Å². The van der Waals surface area contributed by atoms with E-state index in [1.54, 1.807) is 13.4 Å². The third-order valence-corrected chi connectivity index (χ3v) is 6.28. The number of hydrogen-bond donors (Lipinski definition) is 4. The summed E-state index contributed by atoms with van der Waals surface area (Å²) in [6.07, 6.45) is 7.31. The van der Waals surface area contributed by atoms with Gasteiger partial charge in [0.1, 0.15) is 17.2 Å². The summed E-state index contributed by atoms with van der Waals surface area (Å²) in [7, 11) is 1.66. The summed E-state index contributed by atoms with van der Waals surface area (Å²) in [6.45, 7) is 4.68. The van der Waals surface area contributed by atoms with Gasteiger partial charge in [0.2, 0.25) is 5.91 Å². The molecule has 12 heteroatoms. The zero-order valence-electron chi connectivity index (χ0n) is 21.9. The van der Waals surface area contributed by atoms with E-state index in [1.807, 2.05) is 9.47 Å². The highest BCUT2D eigenvalue weighted by molar-refractivity contribution is 6.20. The number of nitrogens with two attached hydrogens (primary N) is 3. The molecule has 11 nitrogen and oxygen atoms in total. The summed E-state index contributed by atoms with van der Waals surface area (Å²) in [5.74, 6) is 3.43. The molecule has 1 saturated heterocycles. The maximum absolute atomic E-state index is 14.4. The van der Waals surface area contributed by atoms with E-state index in [-0.39, 0.29) is 47.8 Å². The van der Waals surface area contributed by atoms with Gasteiger partial charge in [-0.1, -0.05) is 12.5 Å². The van der Waals surface area contributed by atoms with Gasteiger partial charge in [-0.3, -0.25) is 14.6 Å². The van der Waals surface area contributed by atoms with Gasteiger partial charge in [-0.05, 0) is 43.7 Å². The standard InChI is InChI=1S/C18H19FN6O2.C9H15NO2/c19-12-8-15-14(24-9-25(15)11-2-3-11)7-10(12)1-4-13(20)16(18(22)27)17(21)23-5-6-26;1-3-9(11)10-6-4-5-8(10)7-12-2/h7-9,11,26H,2-3,5-6,20H2,(H2,21,23)(H2,22,27);3,8H,1,4-7H2,2H3/b16-13+;. The fourth-order valence-corrected chi connectivity index (χ4v) is 4.24. The van der Waals surface area contributed by atoms with Gasteiger partial charge in [0, 0.05) is 25.8 Å². The highest BCUT2D eigenvalue weighted by Crippen LogP contribution is 2.37.